The number of aromatic nitrogens is 1. The fourth-order valence-electron chi connectivity index (χ4n) is 2.20. The number of thiocarbonyl (C=S) groups is 1. The monoisotopic (exact) mass is 308 g/mol. The van der Waals surface area contributed by atoms with Crippen molar-refractivity contribution in [3.63, 3.8) is 0 Å². The van der Waals surface area contributed by atoms with Crippen LogP contribution in [0.4, 0.5) is 5.82 Å². The molecule has 0 saturated carbocycles. The molecule has 2 heterocycles. The lowest BCUT2D eigenvalue weighted by atomic mass is 10.1. The maximum Gasteiger partial charge on any atom is 0.245 e. The molecule has 1 aliphatic heterocycles. The highest BCUT2D eigenvalue weighted by Crippen LogP contribution is 2.19. The number of carbonyl (C=O) groups is 1. The van der Waals surface area contributed by atoms with Gasteiger partial charge in [0.1, 0.15) is 16.8 Å². The predicted octanol–water partition coefficient (Wildman–Crippen LogP) is 0.446. The summed E-state index contributed by atoms with van der Waals surface area (Å²) in [5.74, 6) is 0.625. The van der Waals surface area contributed by atoms with Gasteiger partial charge in [0.2, 0.25) is 5.91 Å². The second-order valence-electron chi connectivity index (χ2n) is 5.21. The smallest absolute Gasteiger partial charge is 0.245 e. The number of nitrogens with zero attached hydrogens (tertiary/aromatic N) is 2. The quantitative estimate of drug-likeness (QED) is 0.786. The van der Waals surface area contributed by atoms with Crippen LogP contribution in [0.1, 0.15) is 19.4 Å². The molecule has 3 N–H and O–H groups in total. The summed E-state index contributed by atoms with van der Waals surface area (Å²) in [5, 5.41) is 2.91. The summed E-state index contributed by atoms with van der Waals surface area (Å²) in [6, 6.07) is 3.26. The minimum absolute atomic E-state index is 0.0628. The van der Waals surface area contributed by atoms with E-state index in [1.54, 1.807) is 12.3 Å². The van der Waals surface area contributed by atoms with Crippen molar-refractivity contribution in [2.24, 2.45) is 5.73 Å². The SMILES string of the molecule is CC(C)NC(=O)C1COCCN1c1cc(C(N)=S)ccn1. The molecule has 7 heteroatoms. The lowest BCUT2D eigenvalue weighted by Crippen LogP contribution is -2.55. The maximum atomic E-state index is 12.3. The molecular weight excluding hydrogens is 288 g/mol. The Morgan fingerprint density at radius 3 is 3.05 bits per heavy atom. The van der Waals surface area contributed by atoms with E-state index >= 15 is 0 Å². The molecule has 114 valence electrons. The van der Waals surface area contributed by atoms with E-state index in [1.807, 2.05) is 24.8 Å². The molecule has 1 unspecified atom stereocenters. The predicted molar refractivity (Wildman–Crippen MR) is 85.4 cm³/mol. The number of amides is 1. The summed E-state index contributed by atoms with van der Waals surface area (Å²) in [6.07, 6.45) is 1.65. The third-order valence-electron chi connectivity index (χ3n) is 3.19. The van der Waals surface area contributed by atoms with Gasteiger partial charge in [-0.1, -0.05) is 12.2 Å². The third-order valence-corrected chi connectivity index (χ3v) is 3.42. The zero-order chi connectivity index (χ0) is 15.4. The average molecular weight is 308 g/mol. The Bertz CT molecular complexity index is 535. The van der Waals surface area contributed by atoms with Crippen molar-refractivity contribution in [1.82, 2.24) is 10.3 Å². The van der Waals surface area contributed by atoms with Gasteiger partial charge < -0.3 is 20.7 Å². The number of morpholine rings is 1. The molecule has 1 aliphatic rings. The number of anilines is 1. The number of carbonyl (C=O) groups excluding carboxylic acids is 1. The van der Waals surface area contributed by atoms with Crippen molar-refractivity contribution in [2.75, 3.05) is 24.7 Å². The van der Waals surface area contributed by atoms with Gasteiger partial charge in [-0.15, -0.1) is 0 Å². The topological polar surface area (TPSA) is 80.5 Å². The van der Waals surface area contributed by atoms with Crippen molar-refractivity contribution < 1.29 is 9.53 Å². The number of hydrogen-bond acceptors (Lipinski definition) is 5. The summed E-state index contributed by atoms with van der Waals surface area (Å²) in [4.78, 5) is 18.9. The molecule has 0 aromatic carbocycles. The normalized spacial score (nSPS) is 18.6. The number of hydrogen-bond donors (Lipinski definition) is 2. The van der Waals surface area contributed by atoms with E-state index in [0.717, 1.165) is 5.56 Å². The van der Waals surface area contributed by atoms with Crippen LogP contribution in [-0.4, -0.2) is 47.7 Å². The molecule has 2 rings (SSSR count). The molecule has 0 radical (unpaired) electrons. The fraction of sp³-hybridized carbons (Fsp3) is 0.500. The second kappa shape index (κ2) is 6.82. The van der Waals surface area contributed by atoms with Crippen molar-refractivity contribution in [3.05, 3.63) is 23.9 Å². The Hall–Kier alpha value is -1.73. The Labute approximate surface area is 129 Å². The Morgan fingerprint density at radius 1 is 1.62 bits per heavy atom. The molecule has 1 fully saturated rings. The van der Waals surface area contributed by atoms with Crippen LogP contribution in [0.3, 0.4) is 0 Å². The maximum absolute atomic E-state index is 12.3. The van der Waals surface area contributed by atoms with Gasteiger partial charge in [-0.25, -0.2) is 4.98 Å². The lowest BCUT2D eigenvalue weighted by Gasteiger charge is -2.35. The molecule has 21 heavy (non-hydrogen) atoms. The van der Waals surface area contributed by atoms with E-state index in [1.165, 1.54) is 0 Å². The Balaban J connectivity index is 2.24. The van der Waals surface area contributed by atoms with Crippen LogP contribution < -0.4 is 16.0 Å². The Kier molecular flexibility index (Phi) is 5.08. The van der Waals surface area contributed by atoms with Crippen LogP contribution in [-0.2, 0) is 9.53 Å². The highest BCUT2D eigenvalue weighted by molar-refractivity contribution is 7.80. The molecule has 0 bridgehead atoms. The molecule has 1 atom stereocenters. The van der Waals surface area contributed by atoms with E-state index < -0.39 is 6.04 Å². The first-order chi connectivity index (χ1) is 9.99. The van der Waals surface area contributed by atoms with Crippen LogP contribution in [0.2, 0.25) is 0 Å². The van der Waals surface area contributed by atoms with Crippen LogP contribution in [0, 0.1) is 0 Å². The van der Waals surface area contributed by atoms with Crippen LogP contribution in [0.5, 0.6) is 0 Å². The van der Waals surface area contributed by atoms with Crippen molar-refractivity contribution in [1.29, 1.82) is 0 Å². The number of pyridine rings is 1. The van der Waals surface area contributed by atoms with Gasteiger partial charge >= 0.3 is 0 Å². The molecular formula is C14H20N4O2S. The first-order valence-corrected chi connectivity index (χ1v) is 7.30. The molecule has 1 aromatic heterocycles. The summed E-state index contributed by atoms with van der Waals surface area (Å²) in [7, 11) is 0. The molecule has 1 amide bonds. The third kappa shape index (κ3) is 3.89. The average Bonchev–Trinajstić information content (AvgIpc) is 2.46. The minimum atomic E-state index is -0.393. The van der Waals surface area contributed by atoms with Gasteiger partial charge in [-0.05, 0) is 26.0 Å². The molecule has 0 spiro atoms. The highest BCUT2D eigenvalue weighted by atomic mass is 32.1. The van der Waals surface area contributed by atoms with E-state index in [4.69, 9.17) is 22.7 Å². The first-order valence-electron chi connectivity index (χ1n) is 6.89. The molecule has 1 saturated heterocycles. The van der Waals surface area contributed by atoms with Gasteiger partial charge in [0.05, 0.1) is 13.2 Å². The van der Waals surface area contributed by atoms with Crippen LogP contribution >= 0.6 is 12.2 Å². The van der Waals surface area contributed by atoms with Crippen LogP contribution in [0.15, 0.2) is 18.3 Å². The van der Waals surface area contributed by atoms with Gasteiger partial charge in [0.25, 0.3) is 0 Å². The van der Waals surface area contributed by atoms with E-state index in [-0.39, 0.29) is 11.9 Å². The Morgan fingerprint density at radius 2 is 2.38 bits per heavy atom. The van der Waals surface area contributed by atoms with E-state index in [2.05, 4.69) is 10.3 Å². The number of rotatable bonds is 4. The first kappa shape index (κ1) is 15.7. The number of nitrogens with two attached hydrogens (primary N) is 1. The number of ether oxygens (including phenoxy) is 1. The van der Waals surface area contributed by atoms with E-state index in [9.17, 15) is 4.79 Å². The van der Waals surface area contributed by atoms with Crippen molar-refractivity contribution >= 4 is 28.9 Å². The molecule has 0 aliphatic carbocycles. The van der Waals surface area contributed by atoms with Crippen LogP contribution in [0.25, 0.3) is 0 Å². The fourth-order valence-corrected chi connectivity index (χ4v) is 2.33. The number of nitrogens with one attached hydrogen (secondary N) is 1. The minimum Gasteiger partial charge on any atom is -0.389 e. The summed E-state index contributed by atoms with van der Waals surface area (Å²) < 4.78 is 5.43. The highest BCUT2D eigenvalue weighted by Gasteiger charge is 2.30. The van der Waals surface area contributed by atoms with Gasteiger partial charge in [-0.2, -0.15) is 0 Å². The van der Waals surface area contributed by atoms with Gasteiger partial charge in [0, 0.05) is 24.3 Å². The zero-order valence-corrected chi connectivity index (χ0v) is 13.0. The molecule has 6 nitrogen and oxygen atoms in total. The second-order valence-corrected chi connectivity index (χ2v) is 5.65. The molecule has 1 aromatic rings. The van der Waals surface area contributed by atoms with E-state index in [0.29, 0.717) is 30.6 Å². The van der Waals surface area contributed by atoms with Gasteiger partial charge in [0.15, 0.2) is 0 Å². The van der Waals surface area contributed by atoms with Gasteiger partial charge in [-0.3, -0.25) is 4.79 Å². The summed E-state index contributed by atoms with van der Waals surface area (Å²) in [5.41, 5.74) is 6.39. The summed E-state index contributed by atoms with van der Waals surface area (Å²) >= 11 is 4.99. The van der Waals surface area contributed by atoms with Crippen molar-refractivity contribution in [3.8, 4) is 0 Å². The largest absolute Gasteiger partial charge is 0.389 e. The van der Waals surface area contributed by atoms with Crippen molar-refractivity contribution in [2.45, 2.75) is 25.9 Å². The zero-order valence-electron chi connectivity index (χ0n) is 12.2. The standard InChI is InChI=1S/C14H20N4O2S/c1-9(2)17-14(19)11-8-20-6-5-18(11)12-7-10(13(15)21)3-4-16-12/h3-4,7,9,11H,5-6,8H2,1-2H3,(H2,15,21)(H,17,19). The lowest BCUT2D eigenvalue weighted by molar-refractivity contribution is -0.125. The summed E-state index contributed by atoms with van der Waals surface area (Å²) in [6.45, 7) is 5.36.